The second-order valence-corrected chi connectivity index (χ2v) is 8.74. The standard InChI is InChI=1S/C24H23N3O3S/c1-13-10-11-18(30-13)19-16-8-3-4-9-17(16)27-24-20(19)21(25)22(31-24)23(28)26-14-6-5-7-15(12-14)29-2/h5-7,10-12H,3-4,8-9,25H2,1-2H3,(H,26,28). The Morgan fingerprint density at radius 3 is 2.84 bits per heavy atom. The number of thiophene rings is 1. The maximum Gasteiger partial charge on any atom is 0.267 e. The van der Waals surface area contributed by atoms with Gasteiger partial charge >= 0.3 is 0 Å². The van der Waals surface area contributed by atoms with Crippen LogP contribution < -0.4 is 15.8 Å². The molecule has 3 aromatic heterocycles. The van der Waals surface area contributed by atoms with Crippen LogP contribution in [-0.2, 0) is 12.8 Å². The highest BCUT2D eigenvalue weighted by Crippen LogP contribution is 2.44. The van der Waals surface area contributed by atoms with Crippen LogP contribution in [0.1, 0.15) is 39.5 Å². The lowest BCUT2D eigenvalue weighted by molar-refractivity contribution is 0.103. The summed E-state index contributed by atoms with van der Waals surface area (Å²) in [5.74, 6) is 2.04. The molecule has 0 fully saturated rings. The fraction of sp³-hybridized carbons (Fsp3) is 0.250. The number of amides is 1. The molecule has 31 heavy (non-hydrogen) atoms. The van der Waals surface area contributed by atoms with E-state index in [0.29, 0.717) is 22.0 Å². The second kappa shape index (κ2) is 7.74. The van der Waals surface area contributed by atoms with Gasteiger partial charge in [0.2, 0.25) is 0 Å². The maximum absolute atomic E-state index is 13.1. The number of furan rings is 1. The zero-order valence-electron chi connectivity index (χ0n) is 17.5. The molecule has 0 saturated heterocycles. The Balaban J connectivity index is 1.64. The first-order valence-electron chi connectivity index (χ1n) is 10.3. The van der Waals surface area contributed by atoms with Crippen molar-refractivity contribution in [3.8, 4) is 17.1 Å². The van der Waals surface area contributed by atoms with E-state index in [4.69, 9.17) is 19.9 Å². The van der Waals surface area contributed by atoms with Crippen LogP contribution in [0.25, 0.3) is 21.5 Å². The summed E-state index contributed by atoms with van der Waals surface area (Å²) in [6.45, 7) is 1.93. The number of nitrogens with zero attached hydrogens (tertiary/aromatic N) is 1. The van der Waals surface area contributed by atoms with E-state index in [1.807, 2.05) is 37.3 Å². The van der Waals surface area contributed by atoms with Crippen LogP contribution >= 0.6 is 11.3 Å². The van der Waals surface area contributed by atoms with Crippen molar-refractivity contribution in [3.05, 3.63) is 58.3 Å². The van der Waals surface area contributed by atoms with E-state index in [1.54, 1.807) is 13.2 Å². The number of aromatic nitrogens is 1. The van der Waals surface area contributed by atoms with Crippen molar-refractivity contribution in [2.75, 3.05) is 18.2 Å². The topological polar surface area (TPSA) is 90.4 Å². The lowest BCUT2D eigenvalue weighted by Crippen LogP contribution is -2.12. The van der Waals surface area contributed by atoms with Crippen LogP contribution in [-0.4, -0.2) is 18.0 Å². The number of carbonyl (C=O) groups is 1. The zero-order chi connectivity index (χ0) is 21.5. The van der Waals surface area contributed by atoms with Crippen molar-refractivity contribution in [1.82, 2.24) is 4.98 Å². The molecule has 0 spiro atoms. The zero-order valence-corrected chi connectivity index (χ0v) is 18.3. The molecule has 0 radical (unpaired) electrons. The first-order chi connectivity index (χ1) is 15.0. The van der Waals surface area contributed by atoms with Gasteiger partial charge in [-0.1, -0.05) is 6.07 Å². The first-order valence-corrected chi connectivity index (χ1v) is 11.1. The Labute approximate surface area is 184 Å². The quantitative estimate of drug-likeness (QED) is 0.438. The fourth-order valence-electron chi connectivity index (χ4n) is 4.21. The predicted octanol–water partition coefficient (Wildman–Crippen LogP) is 5.59. The normalized spacial score (nSPS) is 13.2. The van der Waals surface area contributed by atoms with E-state index in [9.17, 15) is 4.79 Å². The molecule has 4 aromatic rings. The SMILES string of the molecule is COc1cccc(NC(=O)c2sc3nc4c(c(-c5ccc(C)o5)c3c2N)CCCC4)c1. The highest BCUT2D eigenvalue weighted by atomic mass is 32.1. The van der Waals surface area contributed by atoms with E-state index in [1.165, 1.54) is 16.9 Å². The lowest BCUT2D eigenvalue weighted by Gasteiger charge is -2.18. The number of ether oxygens (including phenoxy) is 1. The summed E-state index contributed by atoms with van der Waals surface area (Å²) in [6.07, 6.45) is 4.10. The van der Waals surface area contributed by atoms with Gasteiger partial charge in [-0.05, 0) is 62.4 Å². The third kappa shape index (κ3) is 3.45. The number of methoxy groups -OCH3 is 1. The monoisotopic (exact) mass is 433 g/mol. The maximum atomic E-state index is 13.1. The number of nitrogen functional groups attached to an aromatic ring is 1. The Morgan fingerprint density at radius 2 is 2.06 bits per heavy atom. The van der Waals surface area contributed by atoms with Gasteiger partial charge in [-0.2, -0.15) is 0 Å². The van der Waals surface area contributed by atoms with Gasteiger partial charge in [-0.3, -0.25) is 4.79 Å². The molecule has 1 aliphatic rings. The molecule has 158 valence electrons. The van der Waals surface area contributed by atoms with Gasteiger partial charge in [0.1, 0.15) is 27.0 Å². The van der Waals surface area contributed by atoms with Crippen LogP contribution in [0.3, 0.4) is 0 Å². The van der Waals surface area contributed by atoms with Crippen LogP contribution in [0, 0.1) is 6.92 Å². The van der Waals surface area contributed by atoms with Crippen LogP contribution in [0.5, 0.6) is 5.75 Å². The summed E-state index contributed by atoms with van der Waals surface area (Å²) in [5, 5.41) is 3.74. The third-order valence-electron chi connectivity index (χ3n) is 5.67. The Hall–Kier alpha value is -3.32. The van der Waals surface area contributed by atoms with Crippen molar-refractivity contribution in [3.63, 3.8) is 0 Å². The average Bonchev–Trinajstić information content (AvgIpc) is 3.35. The number of pyridine rings is 1. The third-order valence-corrected chi connectivity index (χ3v) is 6.77. The van der Waals surface area contributed by atoms with E-state index in [2.05, 4.69) is 5.32 Å². The average molecular weight is 434 g/mol. The van der Waals surface area contributed by atoms with Gasteiger partial charge in [-0.25, -0.2) is 4.98 Å². The Kier molecular flexibility index (Phi) is 4.90. The van der Waals surface area contributed by atoms with Crippen molar-refractivity contribution >= 4 is 38.8 Å². The number of aryl methyl sites for hydroxylation is 2. The number of benzene rings is 1. The van der Waals surface area contributed by atoms with Crippen LogP contribution in [0.2, 0.25) is 0 Å². The molecule has 0 atom stereocenters. The smallest absolute Gasteiger partial charge is 0.267 e. The Morgan fingerprint density at radius 1 is 1.23 bits per heavy atom. The second-order valence-electron chi connectivity index (χ2n) is 7.74. The van der Waals surface area contributed by atoms with Gasteiger partial charge in [0.15, 0.2) is 0 Å². The lowest BCUT2D eigenvalue weighted by atomic mass is 9.89. The molecule has 1 aromatic carbocycles. The molecule has 7 heteroatoms. The number of nitrogens with two attached hydrogens (primary N) is 1. The molecule has 0 unspecified atom stereocenters. The van der Waals surface area contributed by atoms with Gasteiger partial charge in [0, 0.05) is 28.4 Å². The number of hydrogen-bond acceptors (Lipinski definition) is 6. The van der Waals surface area contributed by atoms with Crippen LogP contribution in [0.15, 0.2) is 40.8 Å². The molecule has 6 nitrogen and oxygen atoms in total. The number of fused-ring (bicyclic) bond motifs is 2. The van der Waals surface area contributed by atoms with Crippen molar-refractivity contribution in [1.29, 1.82) is 0 Å². The molecular weight excluding hydrogens is 410 g/mol. The van der Waals surface area contributed by atoms with E-state index in [-0.39, 0.29) is 5.91 Å². The Bertz CT molecular complexity index is 1310. The number of carbonyl (C=O) groups excluding carboxylic acids is 1. The van der Waals surface area contributed by atoms with Crippen molar-refractivity contribution in [2.24, 2.45) is 0 Å². The molecule has 1 aliphatic carbocycles. The van der Waals surface area contributed by atoms with E-state index < -0.39 is 0 Å². The summed E-state index contributed by atoms with van der Waals surface area (Å²) in [4.78, 5) is 19.2. The number of hydrogen-bond donors (Lipinski definition) is 2. The molecule has 5 rings (SSSR count). The summed E-state index contributed by atoms with van der Waals surface area (Å²) >= 11 is 1.33. The molecule has 0 saturated carbocycles. The van der Waals surface area contributed by atoms with Crippen molar-refractivity contribution < 1.29 is 13.9 Å². The summed E-state index contributed by atoms with van der Waals surface area (Å²) < 4.78 is 11.2. The van der Waals surface area contributed by atoms with Gasteiger partial charge in [0.05, 0.1) is 12.8 Å². The number of rotatable bonds is 4. The minimum atomic E-state index is -0.256. The van der Waals surface area contributed by atoms with Crippen molar-refractivity contribution in [2.45, 2.75) is 32.6 Å². The highest BCUT2D eigenvalue weighted by Gasteiger charge is 2.27. The summed E-state index contributed by atoms with van der Waals surface area (Å²) in [5.41, 5.74) is 10.9. The van der Waals surface area contributed by atoms with Crippen LogP contribution in [0.4, 0.5) is 11.4 Å². The highest BCUT2D eigenvalue weighted by molar-refractivity contribution is 7.21. The van der Waals surface area contributed by atoms with Gasteiger partial charge in [0.25, 0.3) is 5.91 Å². The number of nitrogens with one attached hydrogen (secondary N) is 1. The summed E-state index contributed by atoms with van der Waals surface area (Å²) in [7, 11) is 1.59. The number of anilines is 2. The molecule has 0 aliphatic heterocycles. The summed E-state index contributed by atoms with van der Waals surface area (Å²) in [6, 6.07) is 11.2. The van der Waals surface area contributed by atoms with E-state index >= 15 is 0 Å². The first kappa shape index (κ1) is 19.6. The van der Waals surface area contributed by atoms with Gasteiger partial charge in [-0.15, -0.1) is 11.3 Å². The largest absolute Gasteiger partial charge is 0.497 e. The van der Waals surface area contributed by atoms with E-state index in [0.717, 1.165) is 58.7 Å². The minimum Gasteiger partial charge on any atom is -0.497 e. The minimum absolute atomic E-state index is 0.256. The van der Waals surface area contributed by atoms with Gasteiger partial charge < -0.3 is 20.2 Å². The molecule has 3 heterocycles. The molecule has 3 N–H and O–H groups in total. The molecule has 0 bridgehead atoms. The fourth-order valence-corrected chi connectivity index (χ4v) is 5.22. The molecular formula is C24H23N3O3S. The predicted molar refractivity (Wildman–Crippen MR) is 124 cm³/mol. The molecule has 1 amide bonds.